The first-order valence-corrected chi connectivity index (χ1v) is 6.27. The van der Waals surface area contributed by atoms with Crippen LogP contribution in [0.2, 0.25) is 5.02 Å². The number of hydrogen-bond acceptors (Lipinski definition) is 3. The number of aromatic nitrogens is 1. The number of rotatable bonds is 2. The number of nitrogens with one attached hydrogen (secondary N) is 1. The lowest BCUT2D eigenvalue weighted by atomic mass is 9.95. The molecule has 86 valence electrons. The summed E-state index contributed by atoms with van der Waals surface area (Å²) >= 11 is 6.11. The minimum Gasteiger partial charge on any atom is -0.397 e. The summed E-state index contributed by atoms with van der Waals surface area (Å²) in [6, 6.07) is 2.32. The average Bonchev–Trinajstić information content (AvgIpc) is 2.84. The average molecular weight is 238 g/mol. The highest BCUT2D eigenvalue weighted by atomic mass is 35.5. The summed E-state index contributed by atoms with van der Waals surface area (Å²) in [5, 5.41) is 4.10. The number of nitrogens with zero attached hydrogens (tertiary/aromatic N) is 1. The summed E-state index contributed by atoms with van der Waals surface area (Å²) in [6.45, 7) is 0. The van der Waals surface area contributed by atoms with Crippen LogP contribution in [0.4, 0.5) is 11.5 Å². The molecule has 2 fully saturated rings. The van der Waals surface area contributed by atoms with Gasteiger partial charge in [-0.05, 0) is 37.2 Å². The molecule has 16 heavy (non-hydrogen) atoms. The Morgan fingerprint density at radius 2 is 2.25 bits per heavy atom. The van der Waals surface area contributed by atoms with Gasteiger partial charge in [-0.1, -0.05) is 18.0 Å². The quantitative estimate of drug-likeness (QED) is 0.832. The summed E-state index contributed by atoms with van der Waals surface area (Å²) in [7, 11) is 0. The van der Waals surface area contributed by atoms with Gasteiger partial charge in [-0.3, -0.25) is 0 Å². The van der Waals surface area contributed by atoms with Crippen LogP contribution >= 0.6 is 11.6 Å². The lowest BCUT2D eigenvalue weighted by Gasteiger charge is -2.23. The molecule has 0 saturated heterocycles. The van der Waals surface area contributed by atoms with Gasteiger partial charge in [0.15, 0.2) is 0 Å². The minimum absolute atomic E-state index is 0.562. The third-order valence-corrected chi connectivity index (χ3v) is 4.21. The van der Waals surface area contributed by atoms with Crippen molar-refractivity contribution in [2.75, 3.05) is 11.1 Å². The monoisotopic (exact) mass is 237 g/mol. The summed E-state index contributed by atoms with van der Waals surface area (Å²) in [4.78, 5) is 4.26. The molecule has 3 rings (SSSR count). The minimum atomic E-state index is 0.562. The summed E-state index contributed by atoms with van der Waals surface area (Å²) in [5.74, 6) is 2.53. The van der Waals surface area contributed by atoms with Crippen LogP contribution in [0.25, 0.3) is 0 Å². The molecular weight excluding hydrogens is 222 g/mol. The van der Waals surface area contributed by atoms with E-state index in [0.717, 1.165) is 17.7 Å². The second kappa shape index (κ2) is 3.81. The van der Waals surface area contributed by atoms with Crippen molar-refractivity contribution in [3.05, 3.63) is 17.3 Å². The highest BCUT2D eigenvalue weighted by Gasteiger charge is 2.39. The van der Waals surface area contributed by atoms with Gasteiger partial charge >= 0.3 is 0 Å². The second-order valence-corrected chi connectivity index (χ2v) is 5.43. The number of nitrogen functional groups attached to an aromatic ring is 1. The summed E-state index contributed by atoms with van der Waals surface area (Å²) in [5.41, 5.74) is 6.24. The second-order valence-electron chi connectivity index (χ2n) is 5.02. The van der Waals surface area contributed by atoms with E-state index in [0.29, 0.717) is 16.8 Å². The normalized spacial score (nSPS) is 31.9. The predicted octanol–water partition coefficient (Wildman–Crippen LogP) is 2.92. The number of nitrogens with two attached hydrogens (primary N) is 1. The van der Waals surface area contributed by atoms with Crippen molar-refractivity contribution in [1.82, 2.24) is 4.98 Å². The number of hydrogen-bond donors (Lipinski definition) is 2. The van der Waals surface area contributed by atoms with E-state index in [-0.39, 0.29) is 0 Å². The van der Waals surface area contributed by atoms with Gasteiger partial charge in [0, 0.05) is 6.04 Å². The molecular formula is C12H16ClN3. The maximum Gasteiger partial charge on any atom is 0.145 e. The molecule has 0 aliphatic heterocycles. The van der Waals surface area contributed by atoms with Crippen LogP contribution in [0.3, 0.4) is 0 Å². The van der Waals surface area contributed by atoms with Crippen molar-refractivity contribution < 1.29 is 0 Å². The first-order chi connectivity index (χ1) is 7.72. The van der Waals surface area contributed by atoms with E-state index in [1.165, 1.54) is 25.7 Å². The van der Waals surface area contributed by atoms with Crippen LogP contribution < -0.4 is 11.1 Å². The van der Waals surface area contributed by atoms with Gasteiger partial charge in [-0.25, -0.2) is 4.98 Å². The first-order valence-electron chi connectivity index (χ1n) is 5.90. The van der Waals surface area contributed by atoms with Crippen molar-refractivity contribution in [2.45, 2.75) is 31.7 Å². The van der Waals surface area contributed by atoms with Crippen molar-refractivity contribution in [3.8, 4) is 0 Å². The zero-order valence-electron chi connectivity index (χ0n) is 9.12. The van der Waals surface area contributed by atoms with Gasteiger partial charge in [0.05, 0.1) is 16.9 Å². The van der Waals surface area contributed by atoms with Crippen LogP contribution in [-0.4, -0.2) is 11.0 Å². The van der Waals surface area contributed by atoms with E-state index < -0.39 is 0 Å². The Bertz CT molecular complexity index is 407. The SMILES string of the molecule is Nc1cnc(NC2CC3CCC2C3)c(Cl)c1. The molecule has 1 aromatic rings. The standard InChI is InChI=1S/C12H16ClN3/c13-10-5-9(14)6-15-12(10)16-11-4-7-1-2-8(11)3-7/h5-8,11H,1-4,14H2,(H,15,16). The van der Waals surface area contributed by atoms with Crippen molar-refractivity contribution in [2.24, 2.45) is 11.8 Å². The van der Waals surface area contributed by atoms with E-state index in [1.807, 2.05) is 0 Å². The van der Waals surface area contributed by atoms with Crippen LogP contribution in [-0.2, 0) is 0 Å². The maximum atomic E-state index is 6.11. The first kappa shape index (κ1) is 10.2. The molecule has 2 saturated carbocycles. The zero-order valence-corrected chi connectivity index (χ0v) is 9.87. The molecule has 0 aromatic carbocycles. The van der Waals surface area contributed by atoms with Crippen molar-refractivity contribution in [1.29, 1.82) is 0 Å². The Balaban J connectivity index is 1.74. The van der Waals surface area contributed by atoms with Gasteiger partial charge in [0.1, 0.15) is 5.82 Å². The van der Waals surface area contributed by atoms with E-state index in [1.54, 1.807) is 12.3 Å². The largest absolute Gasteiger partial charge is 0.397 e. The smallest absolute Gasteiger partial charge is 0.145 e. The van der Waals surface area contributed by atoms with Gasteiger partial charge in [-0.2, -0.15) is 0 Å². The molecule has 3 nitrogen and oxygen atoms in total. The Hall–Kier alpha value is -0.960. The molecule has 1 heterocycles. The van der Waals surface area contributed by atoms with Gasteiger partial charge in [-0.15, -0.1) is 0 Å². The molecule has 1 aromatic heterocycles. The topological polar surface area (TPSA) is 50.9 Å². The molecule has 0 spiro atoms. The number of pyridine rings is 1. The van der Waals surface area contributed by atoms with Crippen molar-refractivity contribution >= 4 is 23.1 Å². The van der Waals surface area contributed by atoms with Gasteiger partial charge < -0.3 is 11.1 Å². The van der Waals surface area contributed by atoms with E-state index in [2.05, 4.69) is 10.3 Å². The number of halogens is 1. The van der Waals surface area contributed by atoms with Gasteiger partial charge in [0.25, 0.3) is 0 Å². The fourth-order valence-electron chi connectivity index (χ4n) is 3.16. The number of fused-ring (bicyclic) bond motifs is 2. The van der Waals surface area contributed by atoms with Crippen LogP contribution in [0.15, 0.2) is 12.3 Å². The van der Waals surface area contributed by atoms with Crippen LogP contribution in [0.1, 0.15) is 25.7 Å². The highest BCUT2D eigenvalue weighted by molar-refractivity contribution is 6.33. The van der Waals surface area contributed by atoms with E-state index >= 15 is 0 Å². The molecule has 2 aliphatic rings. The molecule has 2 aliphatic carbocycles. The molecule has 0 amide bonds. The fraction of sp³-hybridized carbons (Fsp3) is 0.583. The van der Waals surface area contributed by atoms with Crippen LogP contribution in [0, 0.1) is 11.8 Å². The van der Waals surface area contributed by atoms with Crippen LogP contribution in [0.5, 0.6) is 0 Å². The summed E-state index contributed by atoms with van der Waals surface area (Å²) < 4.78 is 0. The predicted molar refractivity (Wildman–Crippen MR) is 66.5 cm³/mol. The molecule has 3 atom stereocenters. The summed E-state index contributed by atoms with van der Waals surface area (Å²) in [6.07, 6.45) is 7.07. The Morgan fingerprint density at radius 1 is 1.38 bits per heavy atom. The molecule has 0 radical (unpaired) electrons. The van der Waals surface area contributed by atoms with Crippen molar-refractivity contribution in [3.63, 3.8) is 0 Å². The highest BCUT2D eigenvalue weighted by Crippen LogP contribution is 2.45. The molecule has 2 bridgehead atoms. The third-order valence-electron chi connectivity index (χ3n) is 3.92. The lowest BCUT2D eigenvalue weighted by molar-refractivity contribution is 0.439. The third kappa shape index (κ3) is 1.73. The molecule has 3 N–H and O–H groups in total. The zero-order chi connectivity index (χ0) is 11.1. The Labute approximate surface area is 100 Å². The molecule has 4 heteroatoms. The van der Waals surface area contributed by atoms with Gasteiger partial charge in [0.2, 0.25) is 0 Å². The molecule has 3 unspecified atom stereocenters. The van der Waals surface area contributed by atoms with E-state index in [9.17, 15) is 0 Å². The lowest BCUT2D eigenvalue weighted by Crippen LogP contribution is -2.26. The maximum absolute atomic E-state index is 6.11. The fourth-order valence-corrected chi connectivity index (χ4v) is 3.39. The van der Waals surface area contributed by atoms with E-state index in [4.69, 9.17) is 17.3 Å². The number of anilines is 2. The Morgan fingerprint density at radius 3 is 2.88 bits per heavy atom. The Kier molecular flexibility index (Phi) is 2.43.